The molecule has 208 valence electrons. The summed E-state index contributed by atoms with van der Waals surface area (Å²) in [5.41, 5.74) is 5.18. The van der Waals surface area contributed by atoms with Crippen molar-refractivity contribution in [1.82, 2.24) is 14.9 Å². The fourth-order valence-electron chi connectivity index (χ4n) is 5.75. The van der Waals surface area contributed by atoms with Gasteiger partial charge in [-0.05, 0) is 61.9 Å². The van der Waals surface area contributed by atoms with Gasteiger partial charge in [-0.1, -0.05) is 19.1 Å². The predicted octanol–water partition coefficient (Wildman–Crippen LogP) is 5.47. The van der Waals surface area contributed by atoms with E-state index in [1.165, 1.54) is 12.1 Å². The summed E-state index contributed by atoms with van der Waals surface area (Å²) >= 11 is 0. The predicted molar refractivity (Wildman–Crippen MR) is 144 cm³/mol. The van der Waals surface area contributed by atoms with Crippen LogP contribution in [0.15, 0.2) is 42.6 Å². The van der Waals surface area contributed by atoms with Gasteiger partial charge in [0, 0.05) is 36.5 Å². The number of nitrogens with zero attached hydrogens (tertiary/aromatic N) is 4. The lowest BCUT2D eigenvalue weighted by molar-refractivity contribution is -0.190. The van der Waals surface area contributed by atoms with Crippen molar-refractivity contribution < 1.29 is 26.4 Å². The molecule has 11 heteroatoms. The van der Waals surface area contributed by atoms with Gasteiger partial charge in [0.25, 0.3) is 0 Å². The first-order valence-corrected chi connectivity index (χ1v) is 14.9. The van der Waals surface area contributed by atoms with Crippen LogP contribution < -0.4 is 4.90 Å². The van der Waals surface area contributed by atoms with Crippen molar-refractivity contribution in [2.75, 3.05) is 30.0 Å². The molecule has 1 amide bonds. The number of hydrogen-bond acceptors (Lipinski definition) is 6. The quantitative estimate of drug-likeness (QED) is 0.421. The molecule has 7 nitrogen and oxygen atoms in total. The van der Waals surface area contributed by atoms with E-state index in [0.717, 1.165) is 52.0 Å². The molecule has 3 aromatic rings. The van der Waals surface area contributed by atoms with Gasteiger partial charge in [-0.2, -0.15) is 13.2 Å². The van der Waals surface area contributed by atoms with Gasteiger partial charge in [-0.3, -0.25) is 14.8 Å². The number of halogens is 3. The molecule has 5 rings (SSSR count). The smallest absolute Gasteiger partial charge is 0.340 e. The minimum Gasteiger partial charge on any atom is -0.340 e. The minimum atomic E-state index is -4.70. The SMILES string of the molecule is Cc1ccc2ncc3c(c2n1)C(C)CCN3c1ccc([C@H](N(C)C(=O)C2CCS(=O)(=O)CC2)C(F)(F)F)cc1. The van der Waals surface area contributed by atoms with Gasteiger partial charge < -0.3 is 9.80 Å². The Morgan fingerprint density at radius 3 is 2.38 bits per heavy atom. The van der Waals surface area contributed by atoms with Crippen LogP contribution in [-0.4, -0.2) is 60.5 Å². The van der Waals surface area contributed by atoms with E-state index in [2.05, 4.69) is 16.8 Å². The zero-order chi connectivity index (χ0) is 28.1. The Kier molecular flexibility index (Phi) is 7.07. The van der Waals surface area contributed by atoms with Crippen molar-refractivity contribution >= 4 is 38.2 Å². The second-order valence-corrected chi connectivity index (χ2v) is 12.9. The summed E-state index contributed by atoms with van der Waals surface area (Å²) in [7, 11) is -2.09. The van der Waals surface area contributed by atoms with Crippen LogP contribution in [0.2, 0.25) is 0 Å². The third-order valence-corrected chi connectivity index (χ3v) is 9.62. The molecule has 0 radical (unpaired) electrons. The Hall–Kier alpha value is -3.21. The third kappa shape index (κ3) is 5.33. The van der Waals surface area contributed by atoms with Crippen molar-refractivity contribution in [2.24, 2.45) is 5.92 Å². The fraction of sp³-hybridized carbons (Fsp3) is 0.464. The number of fused-ring (bicyclic) bond motifs is 3. The molecule has 1 unspecified atom stereocenters. The van der Waals surface area contributed by atoms with Crippen LogP contribution in [0.4, 0.5) is 24.5 Å². The zero-order valence-corrected chi connectivity index (χ0v) is 22.9. The largest absolute Gasteiger partial charge is 0.413 e. The van der Waals surface area contributed by atoms with Crippen LogP contribution in [0.5, 0.6) is 0 Å². The average molecular weight is 561 g/mol. The van der Waals surface area contributed by atoms with Gasteiger partial charge in [0.15, 0.2) is 6.04 Å². The molecule has 2 atom stereocenters. The molecule has 2 aliphatic rings. The number of aromatic nitrogens is 2. The van der Waals surface area contributed by atoms with Crippen LogP contribution in [0.1, 0.15) is 55.0 Å². The topological polar surface area (TPSA) is 83.5 Å². The summed E-state index contributed by atoms with van der Waals surface area (Å²) in [5, 5.41) is 0. The molecule has 0 aliphatic carbocycles. The Morgan fingerprint density at radius 1 is 1.08 bits per heavy atom. The van der Waals surface area contributed by atoms with E-state index in [0.29, 0.717) is 6.54 Å². The number of sulfone groups is 1. The molecule has 1 saturated heterocycles. The number of alkyl halides is 3. The van der Waals surface area contributed by atoms with E-state index in [-0.39, 0.29) is 35.8 Å². The second-order valence-electron chi connectivity index (χ2n) is 10.6. The summed E-state index contributed by atoms with van der Waals surface area (Å²) in [6, 6.07) is 7.85. The van der Waals surface area contributed by atoms with Gasteiger partial charge in [-0.15, -0.1) is 0 Å². The van der Waals surface area contributed by atoms with Crippen molar-refractivity contribution in [3.63, 3.8) is 0 Å². The van der Waals surface area contributed by atoms with E-state index in [4.69, 9.17) is 4.98 Å². The normalized spacial score (nSPS) is 20.5. The number of rotatable bonds is 4. The third-order valence-electron chi connectivity index (χ3n) is 7.91. The van der Waals surface area contributed by atoms with E-state index < -0.39 is 33.9 Å². The standard InChI is InChI=1S/C28H31F3N4O3S/c1-17-10-13-35(23-16-32-22-9-4-18(2)33-25(22)24(17)23)21-7-5-19(6-8-21)26(28(29,30)31)34(3)27(36)20-11-14-39(37,38)15-12-20/h4-9,16-17,20,26H,10-15H2,1-3H3/t17?,26-/m0/s1. The van der Waals surface area contributed by atoms with Crippen LogP contribution in [0.25, 0.3) is 11.0 Å². The summed E-state index contributed by atoms with van der Waals surface area (Å²) < 4.78 is 66.3. The Labute approximate surface area is 226 Å². The van der Waals surface area contributed by atoms with Crippen LogP contribution in [0.3, 0.4) is 0 Å². The maximum Gasteiger partial charge on any atom is 0.413 e. The Balaban J connectivity index is 1.44. The van der Waals surface area contributed by atoms with E-state index >= 15 is 0 Å². The molecule has 2 aromatic heterocycles. The molecular formula is C28H31F3N4O3S. The van der Waals surface area contributed by atoms with Gasteiger partial charge in [-0.25, -0.2) is 8.42 Å². The van der Waals surface area contributed by atoms with Gasteiger partial charge in [0.05, 0.1) is 34.4 Å². The zero-order valence-electron chi connectivity index (χ0n) is 22.1. The molecule has 0 N–H and O–H groups in total. The number of benzene rings is 1. The average Bonchev–Trinajstić information content (AvgIpc) is 2.88. The number of anilines is 2. The molecule has 0 saturated carbocycles. The van der Waals surface area contributed by atoms with Crippen molar-refractivity contribution in [1.29, 1.82) is 0 Å². The highest BCUT2D eigenvalue weighted by molar-refractivity contribution is 7.91. The molecule has 1 aromatic carbocycles. The molecular weight excluding hydrogens is 529 g/mol. The van der Waals surface area contributed by atoms with Crippen LogP contribution in [-0.2, 0) is 14.6 Å². The van der Waals surface area contributed by atoms with Crippen LogP contribution in [0, 0.1) is 12.8 Å². The highest BCUT2D eigenvalue weighted by Gasteiger charge is 2.46. The van der Waals surface area contributed by atoms with Crippen molar-refractivity contribution in [3.8, 4) is 0 Å². The molecule has 1 fully saturated rings. The van der Waals surface area contributed by atoms with Crippen LogP contribution >= 0.6 is 0 Å². The van der Waals surface area contributed by atoms with E-state index in [1.807, 2.05) is 19.1 Å². The maximum atomic E-state index is 14.3. The van der Waals surface area contributed by atoms with E-state index in [1.54, 1.807) is 18.3 Å². The van der Waals surface area contributed by atoms with Crippen molar-refractivity contribution in [3.05, 3.63) is 59.4 Å². The molecule has 39 heavy (non-hydrogen) atoms. The summed E-state index contributed by atoms with van der Waals surface area (Å²) in [5.74, 6) is -1.54. The van der Waals surface area contributed by atoms with E-state index in [9.17, 15) is 26.4 Å². The highest BCUT2D eigenvalue weighted by atomic mass is 32.2. The molecule has 0 bridgehead atoms. The number of hydrogen-bond donors (Lipinski definition) is 0. The number of carbonyl (C=O) groups excluding carboxylic acids is 1. The lowest BCUT2D eigenvalue weighted by atomic mass is 9.90. The number of pyridine rings is 2. The summed E-state index contributed by atoms with van der Waals surface area (Å²) in [6.07, 6.45) is -1.97. The van der Waals surface area contributed by atoms with Gasteiger partial charge >= 0.3 is 6.18 Å². The summed E-state index contributed by atoms with van der Waals surface area (Å²) in [4.78, 5) is 25.1. The molecule has 2 aliphatic heterocycles. The number of aryl methyl sites for hydroxylation is 1. The monoisotopic (exact) mass is 560 g/mol. The number of amides is 1. The van der Waals surface area contributed by atoms with Gasteiger partial charge in [0.1, 0.15) is 9.84 Å². The first-order valence-electron chi connectivity index (χ1n) is 13.0. The Bertz CT molecular complexity index is 1490. The van der Waals surface area contributed by atoms with Crippen molar-refractivity contribution in [2.45, 2.75) is 51.2 Å². The fourth-order valence-corrected chi connectivity index (χ4v) is 7.24. The highest BCUT2D eigenvalue weighted by Crippen LogP contribution is 2.43. The molecule has 0 spiro atoms. The maximum absolute atomic E-state index is 14.3. The van der Waals surface area contributed by atoms with Gasteiger partial charge in [0.2, 0.25) is 5.91 Å². The first-order chi connectivity index (χ1) is 18.4. The number of carbonyl (C=O) groups is 1. The molecule has 4 heterocycles. The summed E-state index contributed by atoms with van der Waals surface area (Å²) in [6.45, 7) is 4.75. The lowest BCUT2D eigenvalue weighted by Crippen LogP contribution is -2.44. The second kappa shape index (κ2) is 10.1. The first kappa shape index (κ1) is 27.4. The lowest BCUT2D eigenvalue weighted by Gasteiger charge is -2.36. The minimum absolute atomic E-state index is 0.0406. The Morgan fingerprint density at radius 2 is 1.74 bits per heavy atom.